The molecule has 0 spiro atoms. The van der Waals surface area contributed by atoms with Gasteiger partial charge in [0.1, 0.15) is 5.01 Å². The molecule has 4 nitrogen and oxygen atoms in total. The minimum absolute atomic E-state index is 0.0498. The zero-order valence-electron chi connectivity index (χ0n) is 10.7. The molecule has 0 aliphatic rings. The van der Waals surface area contributed by atoms with E-state index in [0.29, 0.717) is 6.42 Å². The number of carbonyl (C=O) groups excluding carboxylic acids is 1. The lowest BCUT2D eigenvalue weighted by Crippen LogP contribution is -2.39. The molecule has 1 aromatic heterocycles. The number of hydrogen-bond acceptors (Lipinski definition) is 4. The van der Waals surface area contributed by atoms with E-state index in [4.69, 9.17) is 18.0 Å². The van der Waals surface area contributed by atoms with Crippen LogP contribution in [0.1, 0.15) is 44.2 Å². The lowest BCUT2D eigenvalue weighted by molar-refractivity contribution is -0.124. The molecule has 0 bridgehead atoms. The Morgan fingerprint density at radius 2 is 2.33 bits per heavy atom. The maximum atomic E-state index is 12.1. The van der Waals surface area contributed by atoms with Gasteiger partial charge in [0.05, 0.1) is 16.9 Å². The standard InChI is InChI=1S/C12H19N3OS2/c1-3-5-8(10(13)17)11(16)15-9(4-2)12-14-6-7-18-12/h6-9H,3-5H2,1-2H3,(H2,13,17)(H,15,16). The van der Waals surface area contributed by atoms with Gasteiger partial charge in [0, 0.05) is 11.6 Å². The maximum Gasteiger partial charge on any atom is 0.230 e. The van der Waals surface area contributed by atoms with Gasteiger partial charge in [0.2, 0.25) is 5.91 Å². The number of amides is 1. The zero-order valence-corrected chi connectivity index (χ0v) is 12.3. The SMILES string of the molecule is CCCC(C(=O)NC(CC)c1nccs1)C(N)=S. The van der Waals surface area contributed by atoms with Crippen molar-refractivity contribution in [2.75, 3.05) is 0 Å². The van der Waals surface area contributed by atoms with Crippen LogP contribution in [-0.4, -0.2) is 15.9 Å². The minimum atomic E-state index is -0.376. The Hall–Kier alpha value is -1.01. The highest BCUT2D eigenvalue weighted by atomic mass is 32.1. The number of rotatable bonds is 7. The molecule has 0 aliphatic carbocycles. The number of thiazole rings is 1. The Morgan fingerprint density at radius 3 is 2.78 bits per heavy atom. The van der Waals surface area contributed by atoms with Crippen LogP contribution >= 0.6 is 23.6 Å². The number of carbonyl (C=O) groups is 1. The highest BCUT2D eigenvalue weighted by molar-refractivity contribution is 7.80. The summed E-state index contributed by atoms with van der Waals surface area (Å²) >= 11 is 6.49. The Morgan fingerprint density at radius 1 is 1.61 bits per heavy atom. The van der Waals surface area contributed by atoms with Crippen molar-refractivity contribution in [2.45, 2.75) is 39.2 Å². The molecule has 3 N–H and O–H groups in total. The molecule has 0 aromatic carbocycles. The van der Waals surface area contributed by atoms with Crippen LogP contribution in [0.3, 0.4) is 0 Å². The van der Waals surface area contributed by atoms with Crippen molar-refractivity contribution in [2.24, 2.45) is 11.7 Å². The van der Waals surface area contributed by atoms with E-state index in [2.05, 4.69) is 10.3 Å². The monoisotopic (exact) mass is 285 g/mol. The van der Waals surface area contributed by atoms with Gasteiger partial charge < -0.3 is 11.1 Å². The van der Waals surface area contributed by atoms with E-state index < -0.39 is 0 Å². The van der Waals surface area contributed by atoms with Gasteiger partial charge >= 0.3 is 0 Å². The molecule has 1 aromatic rings. The average Bonchev–Trinajstić information content (AvgIpc) is 2.85. The molecule has 0 fully saturated rings. The highest BCUT2D eigenvalue weighted by Gasteiger charge is 2.23. The number of hydrogen-bond donors (Lipinski definition) is 2. The summed E-state index contributed by atoms with van der Waals surface area (Å²) in [6.07, 6.45) is 4.11. The van der Waals surface area contributed by atoms with Crippen LogP contribution in [0.2, 0.25) is 0 Å². The smallest absolute Gasteiger partial charge is 0.230 e. The lowest BCUT2D eigenvalue weighted by atomic mass is 10.0. The summed E-state index contributed by atoms with van der Waals surface area (Å²) in [6, 6.07) is -0.0498. The van der Waals surface area contributed by atoms with Crippen LogP contribution in [-0.2, 0) is 4.79 Å². The van der Waals surface area contributed by atoms with Crippen molar-refractivity contribution >= 4 is 34.5 Å². The number of nitrogens with one attached hydrogen (secondary N) is 1. The largest absolute Gasteiger partial charge is 0.393 e. The first kappa shape index (κ1) is 15.0. The topological polar surface area (TPSA) is 68.0 Å². The van der Waals surface area contributed by atoms with Crippen molar-refractivity contribution in [3.63, 3.8) is 0 Å². The first-order valence-electron chi connectivity index (χ1n) is 6.09. The van der Waals surface area contributed by atoms with Crippen LogP contribution in [0.5, 0.6) is 0 Å². The summed E-state index contributed by atoms with van der Waals surface area (Å²) in [5.41, 5.74) is 5.62. The summed E-state index contributed by atoms with van der Waals surface area (Å²) in [4.78, 5) is 16.6. The molecule has 0 aliphatic heterocycles. The Balaban J connectivity index is 2.69. The Bertz CT molecular complexity index is 392. The summed E-state index contributed by atoms with van der Waals surface area (Å²) in [5, 5.41) is 5.80. The van der Waals surface area contributed by atoms with E-state index in [0.717, 1.165) is 17.8 Å². The van der Waals surface area contributed by atoms with Crippen molar-refractivity contribution in [1.29, 1.82) is 0 Å². The fourth-order valence-electron chi connectivity index (χ4n) is 1.71. The second-order valence-corrected chi connectivity index (χ2v) is 5.48. The minimum Gasteiger partial charge on any atom is -0.393 e. The van der Waals surface area contributed by atoms with Crippen LogP contribution in [0.25, 0.3) is 0 Å². The first-order valence-corrected chi connectivity index (χ1v) is 7.38. The molecule has 6 heteroatoms. The quantitative estimate of drug-likeness (QED) is 0.755. The molecule has 100 valence electrons. The molecule has 18 heavy (non-hydrogen) atoms. The third-order valence-corrected chi connectivity index (χ3v) is 3.89. The van der Waals surface area contributed by atoms with E-state index in [1.54, 1.807) is 17.5 Å². The summed E-state index contributed by atoms with van der Waals surface area (Å²) in [6.45, 7) is 4.03. The molecular weight excluding hydrogens is 266 g/mol. The molecular formula is C12H19N3OS2. The van der Waals surface area contributed by atoms with Gasteiger partial charge in [-0.05, 0) is 12.8 Å². The molecule has 2 unspecified atom stereocenters. The van der Waals surface area contributed by atoms with Gasteiger partial charge in [-0.2, -0.15) is 0 Å². The van der Waals surface area contributed by atoms with Crippen molar-refractivity contribution in [3.8, 4) is 0 Å². The fourth-order valence-corrected chi connectivity index (χ4v) is 2.71. The van der Waals surface area contributed by atoms with Gasteiger partial charge in [-0.1, -0.05) is 32.5 Å². The molecule has 2 atom stereocenters. The van der Waals surface area contributed by atoms with Gasteiger partial charge in [-0.15, -0.1) is 11.3 Å². The summed E-state index contributed by atoms with van der Waals surface area (Å²) in [7, 11) is 0. The molecule has 0 radical (unpaired) electrons. The summed E-state index contributed by atoms with van der Waals surface area (Å²) < 4.78 is 0. The summed E-state index contributed by atoms with van der Waals surface area (Å²) in [5.74, 6) is -0.467. The van der Waals surface area contributed by atoms with E-state index in [-0.39, 0.29) is 22.9 Å². The lowest BCUT2D eigenvalue weighted by Gasteiger charge is -2.19. The maximum absolute atomic E-state index is 12.1. The molecule has 0 saturated heterocycles. The second-order valence-electron chi connectivity index (χ2n) is 4.08. The van der Waals surface area contributed by atoms with E-state index in [1.807, 2.05) is 19.2 Å². The Labute approximate surface area is 117 Å². The number of nitrogens with two attached hydrogens (primary N) is 1. The van der Waals surface area contributed by atoms with E-state index in [1.165, 1.54) is 0 Å². The van der Waals surface area contributed by atoms with Gasteiger partial charge in [-0.3, -0.25) is 4.79 Å². The number of nitrogens with zero attached hydrogens (tertiary/aromatic N) is 1. The average molecular weight is 285 g/mol. The fraction of sp³-hybridized carbons (Fsp3) is 0.583. The normalized spacial score (nSPS) is 13.9. The number of aromatic nitrogens is 1. The zero-order chi connectivity index (χ0) is 13.5. The highest BCUT2D eigenvalue weighted by Crippen LogP contribution is 2.20. The third-order valence-electron chi connectivity index (χ3n) is 2.71. The number of thiocarbonyl (C=S) groups is 1. The Kier molecular flexibility index (Phi) is 6.21. The van der Waals surface area contributed by atoms with Gasteiger partial charge in [0.15, 0.2) is 0 Å². The van der Waals surface area contributed by atoms with Crippen molar-refractivity contribution in [1.82, 2.24) is 10.3 Å². The van der Waals surface area contributed by atoms with Crippen LogP contribution in [0.15, 0.2) is 11.6 Å². The van der Waals surface area contributed by atoms with Crippen LogP contribution < -0.4 is 11.1 Å². The van der Waals surface area contributed by atoms with Gasteiger partial charge in [0.25, 0.3) is 0 Å². The molecule has 1 rings (SSSR count). The first-order chi connectivity index (χ1) is 8.60. The van der Waals surface area contributed by atoms with Crippen LogP contribution in [0, 0.1) is 5.92 Å². The predicted molar refractivity (Wildman–Crippen MR) is 78.5 cm³/mol. The molecule has 1 heterocycles. The molecule has 1 amide bonds. The molecule has 0 saturated carbocycles. The third kappa shape index (κ3) is 4.03. The van der Waals surface area contributed by atoms with E-state index >= 15 is 0 Å². The van der Waals surface area contributed by atoms with Crippen molar-refractivity contribution < 1.29 is 4.79 Å². The predicted octanol–water partition coefficient (Wildman–Crippen LogP) is 2.41. The van der Waals surface area contributed by atoms with E-state index in [9.17, 15) is 4.79 Å². The van der Waals surface area contributed by atoms with Crippen molar-refractivity contribution in [3.05, 3.63) is 16.6 Å². The van der Waals surface area contributed by atoms with Crippen LogP contribution in [0.4, 0.5) is 0 Å². The second kappa shape index (κ2) is 7.43. The van der Waals surface area contributed by atoms with Gasteiger partial charge in [-0.25, -0.2) is 4.98 Å².